The third-order valence-corrected chi connectivity index (χ3v) is 7.23. The summed E-state index contributed by atoms with van der Waals surface area (Å²) in [6, 6.07) is 18.7. The number of nitrogens with one attached hydrogen (secondary N) is 1. The van der Waals surface area contributed by atoms with Crippen molar-refractivity contribution in [3.05, 3.63) is 71.8 Å². The topological polar surface area (TPSA) is 76.2 Å². The van der Waals surface area contributed by atoms with Gasteiger partial charge in [-0.25, -0.2) is 9.80 Å². The second kappa shape index (κ2) is 11.9. The third-order valence-electron chi connectivity index (χ3n) is 7.23. The maximum atomic E-state index is 13.7. The lowest BCUT2D eigenvalue weighted by Gasteiger charge is -2.55. The summed E-state index contributed by atoms with van der Waals surface area (Å²) in [6.45, 7) is 5.13. The maximum absolute atomic E-state index is 13.7. The highest BCUT2D eigenvalue weighted by Crippen LogP contribution is 2.31. The molecule has 0 aromatic heterocycles. The molecule has 1 N–H and O–H groups in total. The molecular formula is C29H35N5O3. The van der Waals surface area contributed by atoms with Gasteiger partial charge in [0.1, 0.15) is 12.2 Å². The Hall–Kier alpha value is -3.83. The number of terminal acetylenes is 1. The van der Waals surface area contributed by atoms with E-state index in [0.29, 0.717) is 19.5 Å². The summed E-state index contributed by atoms with van der Waals surface area (Å²) in [4.78, 5) is 44.1. The average Bonchev–Trinajstić information content (AvgIpc) is 2.92. The molecule has 2 fully saturated rings. The van der Waals surface area contributed by atoms with E-state index >= 15 is 0 Å². The zero-order chi connectivity index (χ0) is 26.4. The van der Waals surface area contributed by atoms with Crippen molar-refractivity contribution in [3.8, 4) is 12.3 Å². The average molecular weight is 502 g/mol. The molecule has 194 valence electrons. The van der Waals surface area contributed by atoms with E-state index in [1.807, 2.05) is 74.5 Å². The fraction of sp³-hybridized carbons (Fsp3) is 0.414. The lowest BCUT2D eigenvalue weighted by molar-refractivity contribution is -0.192. The van der Waals surface area contributed by atoms with Crippen LogP contribution < -0.4 is 5.32 Å². The van der Waals surface area contributed by atoms with Crippen LogP contribution in [0, 0.1) is 18.3 Å². The minimum Gasteiger partial charge on any atom is -0.337 e. The summed E-state index contributed by atoms with van der Waals surface area (Å²) < 4.78 is 0. The molecule has 2 saturated heterocycles. The van der Waals surface area contributed by atoms with E-state index in [2.05, 4.69) is 11.2 Å². The Labute approximate surface area is 219 Å². The normalized spacial score (nSPS) is 20.8. The maximum Gasteiger partial charge on any atom is 0.334 e. The SMILES string of the molecule is C#CCN1CC(=O)N2[C@@H](C(C)CC)C(=O)N(CCc3ccccc3)C[C@@H]2N1C(=O)NCc1ccccc1. The summed E-state index contributed by atoms with van der Waals surface area (Å²) in [5.41, 5.74) is 2.09. The number of piperazine rings is 1. The second-order valence-corrected chi connectivity index (χ2v) is 9.65. The third kappa shape index (κ3) is 5.78. The Morgan fingerprint density at radius 3 is 2.35 bits per heavy atom. The number of hydrazine groups is 1. The van der Waals surface area contributed by atoms with Gasteiger partial charge in [0.2, 0.25) is 11.8 Å². The fourth-order valence-electron chi connectivity index (χ4n) is 5.09. The van der Waals surface area contributed by atoms with Crippen LogP contribution in [0.15, 0.2) is 60.7 Å². The Bertz CT molecular complexity index is 1130. The molecule has 2 aromatic rings. The minimum atomic E-state index is -0.641. The van der Waals surface area contributed by atoms with Crippen molar-refractivity contribution in [2.75, 3.05) is 26.2 Å². The Kier molecular flexibility index (Phi) is 8.47. The van der Waals surface area contributed by atoms with Gasteiger partial charge in [0.15, 0.2) is 0 Å². The van der Waals surface area contributed by atoms with Crippen LogP contribution >= 0.6 is 0 Å². The lowest BCUT2D eigenvalue weighted by atomic mass is 9.92. The predicted molar refractivity (Wildman–Crippen MR) is 142 cm³/mol. The summed E-state index contributed by atoms with van der Waals surface area (Å²) in [5, 5.41) is 6.15. The van der Waals surface area contributed by atoms with E-state index in [9.17, 15) is 14.4 Å². The van der Waals surface area contributed by atoms with Crippen molar-refractivity contribution in [2.24, 2.45) is 5.92 Å². The van der Waals surface area contributed by atoms with Crippen LogP contribution in [0.1, 0.15) is 31.4 Å². The summed E-state index contributed by atoms with van der Waals surface area (Å²) >= 11 is 0. The van der Waals surface area contributed by atoms with Crippen molar-refractivity contribution in [2.45, 2.75) is 45.4 Å². The summed E-state index contributed by atoms with van der Waals surface area (Å²) in [7, 11) is 0. The van der Waals surface area contributed by atoms with Gasteiger partial charge in [0, 0.05) is 13.1 Å². The van der Waals surface area contributed by atoms with Crippen LogP contribution in [0.4, 0.5) is 4.79 Å². The molecule has 0 saturated carbocycles. The van der Waals surface area contributed by atoms with Crippen molar-refractivity contribution in [1.29, 1.82) is 0 Å². The van der Waals surface area contributed by atoms with Gasteiger partial charge in [-0.3, -0.25) is 9.59 Å². The molecular weight excluding hydrogens is 466 g/mol. The van der Waals surface area contributed by atoms with E-state index in [0.717, 1.165) is 17.5 Å². The molecule has 0 bridgehead atoms. The molecule has 4 amide bonds. The van der Waals surface area contributed by atoms with Crippen LogP contribution in [0.25, 0.3) is 0 Å². The molecule has 1 unspecified atom stereocenters. The predicted octanol–water partition coefficient (Wildman–Crippen LogP) is 2.72. The van der Waals surface area contributed by atoms with E-state index < -0.39 is 12.2 Å². The lowest BCUT2D eigenvalue weighted by Crippen LogP contribution is -2.77. The number of hydrogen-bond donors (Lipinski definition) is 1. The van der Waals surface area contributed by atoms with E-state index in [-0.39, 0.29) is 43.4 Å². The first kappa shape index (κ1) is 26.2. The number of urea groups is 1. The van der Waals surface area contributed by atoms with E-state index in [1.165, 1.54) is 0 Å². The zero-order valence-corrected chi connectivity index (χ0v) is 21.5. The summed E-state index contributed by atoms with van der Waals surface area (Å²) in [5.74, 6) is 2.26. The van der Waals surface area contributed by atoms with Crippen LogP contribution in [0.2, 0.25) is 0 Å². The quantitative estimate of drug-likeness (QED) is 0.565. The number of amides is 4. The van der Waals surface area contributed by atoms with Crippen LogP contribution in [-0.4, -0.2) is 76.0 Å². The van der Waals surface area contributed by atoms with Crippen LogP contribution in [-0.2, 0) is 22.6 Å². The second-order valence-electron chi connectivity index (χ2n) is 9.65. The minimum absolute atomic E-state index is 0.0519. The molecule has 3 atom stereocenters. The van der Waals surface area contributed by atoms with Gasteiger partial charge in [0.05, 0.1) is 19.6 Å². The van der Waals surface area contributed by atoms with Crippen molar-refractivity contribution >= 4 is 17.8 Å². The Balaban J connectivity index is 1.63. The molecule has 2 aromatic carbocycles. The van der Waals surface area contributed by atoms with Crippen LogP contribution in [0.3, 0.4) is 0 Å². The molecule has 2 aliphatic rings. The van der Waals surface area contributed by atoms with E-state index in [1.54, 1.807) is 19.8 Å². The standard InChI is InChI=1S/C29H35N5O3/c1-4-17-32-21-26(35)33-25(34(32)29(37)30-19-24-14-10-7-11-15-24)20-31(28(36)27(33)22(3)5-2)18-16-23-12-8-6-9-13-23/h1,6-15,22,25,27H,5,16-21H2,2-3H3,(H,30,37)/t22?,25-,27-/m0/s1. The first-order valence-electron chi connectivity index (χ1n) is 12.9. The fourth-order valence-corrected chi connectivity index (χ4v) is 5.09. The molecule has 2 heterocycles. The number of carbonyl (C=O) groups is 3. The van der Waals surface area contributed by atoms with Gasteiger partial charge >= 0.3 is 6.03 Å². The number of hydrogen-bond acceptors (Lipinski definition) is 4. The molecule has 37 heavy (non-hydrogen) atoms. The van der Waals surface area contributed by atoms with Crippen molar-refractivity contribution in [1.82, 2.24) is 25.1 Å². The highest BCUT2D eigenvalue weighted by molar-refractivity contribution is 5.91. The molecule has 8 heteroatoms. The van der Waals surface area contributed by atoms with E-state index in [4.69, 9.17) is 6.42 Å². The van der Waals surface area contributed by atoms with Gasteiger partial charge in [0.25, 0.3) is 0 Å². The number of nitrogens with zero attached hydrogens (tertiary/aromatic N) is 4. The molecule has 0 aliphatic carbocycles. The first-order valence-corrected chi connectivity index (χ1v) is 12.9. The molecule has 0 radical (unpaired) electrons. The van der Waals surface area contributed by atoms with Gasteiger partial charge in [-0.1, -0.05) is 86.9 Å². The highest BCUT2D eigenvalue weighted by Gasteiger charge is 2.52. The molecule has 0 spiro atoms. The smallest absolute Gasteiger partial charge is 0.334 e. The Morgan fingerprint density at radius 2 is 1.73 bits per heavy atom. The van der Waals surface area contributed by atoms with Crippen molar-refractivity contribution < 1.29 is 14.4 Å². The van der Waals surface area contributed by atoms with Crippen molar-refractivity contribution in [3.63, 3.8) is 0 Å². The number of rotatable bonds is 8. The van der Waals surface area contributed by atoms with Gasteiger partial charge in [-0.2, -0.15) is 5.01 Å². The van der Waals surface area contributed by atoms with Crippen LogP contribution in [0.5, 0.6) is 0 Å². The highest BCUT2D eigenvalue weighted by atomic mass is 16.2. The number of benzene rings is 2. The largest absolute Gasteiger partial charge is 0.337 e. The molecule has 4 rings (SSSR count). The Morgan fingerprint density at radius 1 is 1.08 bits per heavy atom. The van der Waals surface area contributed by atoms with Gasteiger partial charge < -0.3 is 15.1 Å². The molecule has 8 nitrogen and oxygen atoms in total. The first-order chi connectivity index (χ1) is 17.9. The summed E-state index contributed by atoms with van der Waals surface area (Å²) in [6.07, 6.45) is 6.40. The number of fused-ring (bicyclic) bond motifs is 1. The zero-order valence-electron chi connectivity index (χ0n) is 21.5. The molecule has 2 aliphatic heterocycles. The monoisotopic (exact) mass is 501 g/mol. The van der Waals surface area contributed by atoms with Gasteiger partial charge in [-0.05, 0) is 23.5 Å². The number of carbonyl (C=O) groups excluding carboxylic acids is 3. The van der Waals surface area contributed by atoms with Gasteiger partial charge in [-0.15, -0.1) is 6.42 Å².